The van der Waals surface area contributed by atoms with Gasteiger partial charge in [-0.15, -0.1) is 0 Å². The van der Waals surface area contributed by atoms with Crippen LogP contribution in [0, 0.1) is 13.8 Å². The van der Waals surface area contributed by atoms with E-state index in [-0.39, 0.29) is 21.9 Å². The van der Waals surface area contributed by atoms with E-state index in [0.717, 1.165) is 16.3 Å². The van der Waals surface area contributed by atoms with Crippen LogP contribution in [0.4, 0.5) is 0 Å². The minimum atomic E-state index is -4.19. The van der Waals surface area contributed by atoms with E-state index in [2.05, 4.69) is 15.9 Å². The van der Waals surface area contributed by atoms with Gasteiger partial charge in [-0.1, -0.05) is 66.2 Å². The molecule has 0 atom stereocenters. The SMILES string of the molecule is Cc1nn(-c2ccc(C(=O)NS(=O)(=O)c3ccc4ccccc4c3)cc2C(=O)N2CCc3ccccc3C2)c(C)c1Cl. The number of nitrogens with one attached hydrogen (secondary N) is 1. The Hall–Kier alpha value is -4.47. The molecule has 5 aromatic rings. The average molecular weight is 599 g/mol. The van der Waals surface area contributed by atoms with Crippen LogP contribution < -0.4 is 4.72 Å². The molecule has 2 heterocycles. The molecule has 0 unspecified atom stereocenters. The second-order valence-corrected chi connectivity index (χ2v) is 12.4. The number of sulfonamides is 1. The molecule has 0 saturated heterocycles. The van der Waals surface area contributed by atoms with Gasteiger partial charge in [-0.25, -0.2) is 17.8 Å². The van der Waals surface area contributed by atoms with E-state index in [1.807, 2.05) is 36.4 Å². The number of aryl methyl sites for hydroxylation is 1. The fourth-order valence-electron chi connectivity index (χ4n) is 5.31. The van der Waals surface area contributed by atoms with Gasteiger partial charge in [-0.3, -0.25) is 9.59 Å². The van der Waals surface area contributed by atoms with Crippen LogP contribution in [-0.4, -0.2) is 41.5 Å². The molecule has 1 aliphatic heterocycles. The van der Waals surface area contributed by atoms with Crippen LogP contribution in [0.2, 0.25) is 5.02 Å². The quantitative estimate of drug-likeness (QED) is 0.283. The number of aromatic nitrogens is 2. The molecular formula is C32H27ClN4O4S. The lowest BCUT2D eigenvalue weighted by atomic mass is 9.98. The summed E-state index contributed by atoms with van der Waals surface area (Å²) in [5, 5.41) is 6.61. The Morgan fingerprint density at radius 1 is 0.881 bits per heavy atom. The highest BCUT2D eigenvalue weighted by molar-refractivity contribution is 7.90. The lowest BCUT2D eigenvalue weighted by Crippen LogP contribution is -2.37. The fourth-order valence-corrected chi connectivity index (χ4v) is 6.43. The molecule has 6 rings (SSSR count). The van der Waals surface area contributed by atoms with Crippen molar-refractivity contribution in [3.8, 4) is 5.69 Å². The van der Waals surface area contributed by atoms with Gasteiger partial charge in [0.1, 0.15) is 0 Å². The number of hydrogen-bond donors (Lipinski definition) is 1. The summed E-state index contributed by atoms with van der Waals surface area (Å²) in [4.78, 5) is 29.0. The first kappa shape index (κ1) is 27.7. The van der Waals surface area contributed by atoms with Crippen LogP contribution in [0.5, 0.6) is 0 Å². The molecule has 0 radical (unpaired) electrons. The second kappa shape index (κ2) is 10.7. The first-order chi connectivity index (χ1) is 20.1. The van der Waals surface area contributed by atoms with Gasteiger partial charge in [0.2, 0.25) is 0 Å². The van der Waals surface area contributed by atoms with Crippen molar-refractivity contribution >= 4 is 44.2 Å². The summed E-state index contributed by atoms with van der Waals surface area (Å²) in [6.07, 6.45) is 0.702. The Morgan fingerprint density at radius 3 is 2.33 bits per heavy atom. The van der Waals surface area contributed by atoms with Crippen LogP contribution in [0.1, 0.15) is 43.2 Å². The fraction of sp³-hybridized carbons (Fsp3) is 0.156. The number of rotatable bonds is 5. The molecule has 0 fully saturated rings. The lowest BCUT2D eigenvalue weighted by Gasteiger charge is -2.29. The molecule has 2 amide bonds. The minimum absolute atomic E-state index is 0.0245. The van der Waals surface area contributed by atoms with E-state index in [4.69, 9.17) is 11.6 Å². The Balaban J connectivity index is 1.36. The number of carbonyl (C=O) groups excluding carboxylic acids is 2. The standard InChI is InChI=1S/C32H27ClN4O4S/c1-20-30(33)21(2)37(34-20)29-14-12-25(18-28(29)32(39)36-16-15-23-8-4-6-10-26(23)19-36)31(38)35-42(40,41)27-13-11-22-7-3-5-9-24(22)17-27/h3-14,17-18H,15-16,19H2,1-2H3,(H,35,38). The van der Waals surface area contributed by atoms with E-state index in [1.54, 1.807) is 41.6 Å². The largest absolute Gasteiger partial charge is 0.334 e. The highest BCUT2D eigenvalue weighted by atomic mass is 35.5. The van der Waals surface area contributed by atoms with Crippen molar-refractivity contribution in [3.63, 3.8) is 0 Å². The molecule has 1 aromatic heterocycles. The molecule has 0 bridgehead atoms. The maximum Gasteiger partial charge on any atom is 0.265 e. The molecule has 42 heavy (non-hydrogen) atoms. The van der Waals surface area contributed by atoms with Crippen molar-refractivity contribution < 1.29 is 18.0 Å². The first-order valence-corrected chi connectivity index (χ1v) is 15.3. The van der Waals surface area contributed by atoms with Crippen molar-refractivity contribution in [1.29, 1.82) is 0 Å². The number of benzene rings is 4. The van der Waals surface area contributed by atoms with Gasteiger partial charge in [-0.2, -0.15) is 5.10 Å². The normalized spacial score (nSPS) is 13.2. The summed E-state index contributed by atoms with van der Waals surface area (Å²) < 4.78 is 30.1. The molecule has 1 aliphatic rings. The number of carbonyl (C=O) groups is 2. The molecule has 8 nitrogen and oxygen atoms in total. The number of fused-ring (bicyclic) bond motifs is 2. The topological polar surface area (TPSA) is 101 Å². The molecular weight excluding hydrogens is 572 g/mol. The van der Waals surface area contributed by atoms with E-state index in [9.17, 15) is 18.0 Å². The van der Waals surface area contributed by atoms with Crippen LogP contribution in [0.25, 0.3) is 16.5 Å². The van der Waals surface area contributed by atoms with Gasteiger partial charge in [0, 0.05) is 18.7 Å². The number of hydrogen-bond acceptors (Lipinski definition) is 5. The third-order valence-corrected chi connectivity index (χ3v) is 9.47. The predicted molar refractivity (Wildman–Crippen MR) is 162 cm³/mol. The predicted octanol–water partition coefficient (Wildman–Crippen LogP) is 5.61. The van der Waals surface area contributed by atoms with Crippen LogP contribution >= 0.6 is 11.6 Å². The van der Waals surface area contributed by atoms with Crippen LogP contribution in [0.15, 0.2) is 89.8 Å². The van der Waals surface area contributed by atoms with Crippen molar-refractivity contribution in [1.82, 2.24) is 19.4 Å². The molecule has 212 valence electrons. The zero-order chi connectivity index (χ0) is 29.6. The molecule has 1 N–H and O–H groups in total. The summed E-state index contributed by atoms with van der Waals surface area (Å²) in [5.74, 6) is -1.14. The zero-order valence-electron chi connectivity index (χ0n) is 23.0. The molecule has 0 aliphatic carbocycles. The van der Waals surface area contributed by atoms with Crippen molar-refractivity contribution in [3.05, 3.63) is 124 Å². The Morgan fingerprint density at radius 2 is 1.60 bits per heavy atom. The third kappa shape index (κ3) is 5.06. The summed E-state index contributed by atoms with van der Waals surface area (Å²) in [7, 11) is -4.19. The van der Waals surface area contributed by atoms with E-state index < -0.39 is 15.9 Å². The smallest absolute Gasteiger partial charge is 0.265 e. The van der Waals surface area contributed by atoms with Gasteiger partial charge in [0.05, 0.1) is 32.6 Å². The van der Waals surface area contributed by atoms with Gasteiger partial charge < -0.3 is 4.90 Å². The minimum Gasteiger partial charge on any atom is -0.334 e. The van der Waals surface area contributed by atoms with E-state index in [1.165, 1.54) is 29.8 Å². The van der Waals surface area contributed by atoms with Crippen LogP contribution in [0.3, 0.4) is 0 Å². The summed E-state index contributed by atoms with van der Waals surface area (Å²) >= 11 is 6.42. The van der Waals surface area contributed by atoms with E-state index >= 15 is 0 Å². The first-order valence-electron chi connectivity index (χ1n) is 13.4. The molecule has 10 heteroatoms. The number of amides is 2. The zero-order valence-corrected chi connectivity index (χ0v) is 24.5. The van der Waals surface area contributed by atoms with Crippen molar-refractivity contribution in [2.45, 2.75) is 31.7 Å². The van der Waals surface area contributed by atoms with Gasteiger partial charge in [-0.05, 0) is 72.5 Å². The Kier molecular flexibility index (Phi) is 7.08. The number of halogens is 1. The van der Waals surface area contributed by atoms with Gasteiger partial charge in [0.25, 0.3) is 21.8 Å². The average Bonchev–Trinajstić information content (AvgIpc) is 3.26. The highest BCUT2D eigenvalue weighted by Crippen LogP contribution is 2.28. The molecule has 0 spiro atoms. The summed E-state index contributed by atoms with van der Waals surface area (Å²) in [6.45, 7) is 4.48. The lowest BCUT2D eigenvalue weighted by molar-refractivity contribution is 0.0734. The van der Waals surface area contributed by atoms with Crippen molar-refractivity contribution in [2.75, 3.05) is 6.54 Å². The maximum absolute atomic E-state index is 14.0. The van der Waals surface area contributed by atoms with Gasteiger partial charge >= 0.3 is 0 Å². The number of nitrogens with zero attached hydrogens (tertiary/aromatic N) is 3. The van der Waals surface area contributed by atoms with Crippen molar-refractivity contribution in [2.24, 2.45) is 0 Å². The Bertz CT molecular complexity index is 2000. The third-order valence-electron chi connectivity index (χ3n) is 7.60. The Labute approximate surface area is 248 Å². The summed E-state index contributed by atoms with van der Waals surface area (Å²) in [6, 6.07) is 24.5. The molecule has 4 aromatic carbocycles. The van der Waals surface area contributed by atoms with E-state index in [0.29, 0.717) is 41.6 Å². The van der Waals surface area contributed by atoms with Gasteiger partial charge in [0.15, 0.2) is 0 Å². The van der Waals surface area contributed by atoms with Crippen LogP contribution in [-0.2, 0) is 23.0 Å². The highest BCUT2D eigenvalue weighted by Gasteiger charge is 2.27. The monoisotopic (exact) mass is 598 g/mol. The maximum atomic E-state index is 14.0. The second-order valence-electron chi connectivity index (χ2n) is 10.3. The summed E-state index contributed by atoms with van der Waals surface area (Å²) in [5.41, 5.74) is 4.18. The molecule has 0 saturated carbocycles.